The van der Waals surface area contributed by atoms with Crippen LogP contribution in [0.15, 0.2) is 46.3 Å². The highest BCUT2D eigenvalue weighted by molar-refractivity contribution is 6.30. The molecule has 2 aliphatic heterocycles. The highest BCUT2D eigenvalue weighted by Gasteiger charge is 2.17. The molecule has 0 aromatic heterocycles. The van der Waals surface area contributed by atoms with Gasteiger partial charge in [0.25, 0.3) is 0 Å². The molecule has 0 unspecified atom stereocenters. The average Bonchev–Trinajstić information content (AvgIpc) is 2.53. The molecule has 0 spiro atoms. The minimum Gasteiger partial charge on any atom is -0.409 e. The van der Waals surface area contributed by atoms with Crippen molar-refractivity contribution in [3.8, 4) is 22.6 Å². The highest BCUT2D eigenvalue weighted by atomic mass is 35.5. The fraction of sp³-hybridized carbons (Fsp3) is 0.133. The second-order valence-electron chi connectivity index (χ2n) is 4.70. The van der Waals surface area contributed by atoms with Crippen molar-refractivity contribution >= 4 is 11.6 Å². The Labute approximate surface area is 130 Å². The number of nitrogens with zero attached hydrogens (tertiary/aromatic N) is 3. The van der Waals surface area contributed by atoms with Gasteiger partial charge >= 0.3 is 5.69 Å². The maximum atomic E-state index is 12.3. The Morgan fingerprint density at radius 2 is 2.18 bits per heavy atom. The lowest BCUT2D eigenvalue weighted by molar-refractivity contribution is 0.298. The molecule has 1 aromatic rings. The lowest BCUT2D eigenvalue weighted by Gasteiger charge is -2.16. The Balaban J connectivity index is 2.40. The van der Waals surface area contributed by atoms with E-state index in [1.54, 1.807) is 24.3 Å². The lowest BCUT2D eigenvalue weighted by Crippen LogP contribution is -2.28. The average molecular weight is 317 g/mol. The van der Waals surface area contributed by atoms with Crippen molar-refractivity contribution in [1.29, 1.82) is 0 Å². The topological polar surface area (TPSA) is 83.3 Å². The van der Waals surface area contributed by atoms with E-state index in [2.05, 4.69) is 15.1 Å². The van der Waals surface area contributed by atoms with Crippen molar-refractivity contribution in [3.05, 3.63) is 57.4 Å². The summed E-state index contributed by atoms with van der Waals surface area (Å²) in [6.45, 7) is 2.29. The Morgan fingerprint density at radius 1 is 1.36 bits per heavy atom. The van der Waals surface area contributed by atoms with Gasteiger partial charge in [0, 0.05) is 22.7 Å². The summed E-state index contributed by atoms with van der Waals surface area (Å²) in [5, 5.41) is 12.6. The third-order valence-corrected chi connectivity index (χ3v) is 3.63. The van der Waals surface area contributed by atoms with Crippen molar-refractivity contribution in [2.75, 3.05) is 0 Å². The predicted molar refractivity (Wildman–Crippen MR) is 82.9 cm³/mol. The van der Waals surface area contributed by atoms with Crippen LogP contribution in [-0.4, -0.2) is 19.7 Å². The molecule has 0 radical (unpaired) electrons. The standard InChI is InChI=1S/C15H13ClN4O2/c1-2-20-14-11(6-7-12(17-14)19-22)13(18-15(20)21)9-4-3-5-10(16)8-9/h3-8,22H,2H2,1H3,(H,18,21)/b19-12-. The van der Waals surface area contributed by atoms with Crippen LogP contribution in [0.5, 0.6) is 0 Å². The van der Waals surface area contributed by atoms with Gasteiger partial charge in [0.15, 0.2) is 5.49 Å². The van der Waals surface area contributed by atoms with E-state index in [-0.39, 0.29) is 11.2 Å². The summed E-state index contributed by atoms with van der Waals surface area (Å²) >= 11 is 6.03. The number of aromatic amines is 1. The van der Waals surface area contributed by atoms with Crippen LogP contribution in [0.25, 0.3) is 22.6 Å². The Hall–Kier alpha value is -2.60. The van der Waals surface area contributed by atoms with Crippen LogP contribution in [-0.2, 0) is 6.54 Å². The summed E-state index contributed by atoms with van der Waals surface area (Å²) in [5.74, 6) is 0.455. The number of hydrogen-bond donors (Lipinski definition) is 2. The van der Waals surface area contributed by atoms with Crippen molar-refractivity contribution < 1.29 is 5.21 Å². The van der Waals surface area contributed by atoms with E-state index in [9.17, 15) is 4.79 Å². The van der Waals surface area contributed by atoms with E-state index in [4.69, 9.17) is 16.8 Å². The molecule has 112 valence electrons. The second-order valence-corrected chi connectivity index (χ2v) is 5.14. The Morgan fingerprint density at radius 3 is 2.86 bits per heavy atom. The number of H-pyrrole nitrogens is 1. The summed E-state index contributed by atoms with van der Waals surface area (Å²) in [4.78, 5) is 19.4. The molecule has 7 heteroatoms. The van der Waals surface area contributed by atoms with Crippen molar-refractivity contribution in [2.45, 2.75) is 13.5 Å². The van der Waals surface area contributed by atoms with Crippen LogP contribution >= 0.6 is 11.6 Å². The molecule has 2 heterocycles. The molecule has 0 fully saturated rings. The largest absolute Gasteiger partial charge is 0.409 e. The molecule has 22 heavy (non-hydrogen) atoms. The summed E-state index contributed by atoms with van der Waals surface area (Å²) < 4.78 is 1.48. The summed E-state index contributed by atoms with van der Waals surface area (Å²) in [6.07, 6.45) is 0. The Kier molecular flexibility index (Phi) is 3.68. The smallest absolute Gasteiger partial charge is 0.327 e. The zero-order valence-corrected chi connectivity index (χ0v) is 12.5. The molecule has 0 atom stereocenters. The van der Waals surface area contributed by atoms with E-state index in [1.165, 1.54) is 4.57 Å². The van der Waals surface area contributed by atoms with Crippen LogP contribution in [0, 0.1) is 0 Å². The monoisotopic (exact) mass is 316 g/mol. The van der Waals surface area contributed by atoms with Gasteiger partial charge in [-0.15, -0.1) is 0 Å². The molecule has 1 aromatic carbocycles. The normalized spacial score (nSPS) is 12.0. The van der Waals surface area contributed by atoms with Gasteiger partial charge in [0.1, 0.15) is 5.82 Å². The molecular weight excluding hydrogens is 304 g/mol. The molecule has 3 rings (SSSR count). The van der Waals surface area contributed by atoms with Gasteiger partial charge in [-0.25, -0.2) is 9.78 Å². The first-order valence-corrected chi connectivity index (χ1v) is 7.09. The van der Waals surface area contributed by atoms with Gasteiger partial charge in [-0.05, 0) is 31.2 Å². The van der Waals surface area contributed by atoms with E-state index in [0.717, 1.165) is 11.1 Å². The SMILES string of the molecule is CCn1c2n/c(=N\O)ccc-2c(-c2cccc(Cl)c2)[nH]c1=O. The summed E-state index contributed by atoms with van der Waals surface area (Å²) in [5.41, 5.74) is 2.03. The summed E-state index contributed by atoms with van der Waals surface area (Å²) in [6, 6.07) is 10.5. The van der Waals surface area contributed by atoms with Crippen LogP contribution in [0.3, 0.4) is 0 Å². The molecule has 6 nitrogen and oxygen atoms in total. The maximum absolute atomic E-state index is 12.3. The highest BCUT2D eigenvalue weighted by Crippen LogP contribution is 2.29. The van der Waals surface area contributed by atoms with Crippen LogP contribution in [0.2, 0.25) is 5.02 Å². The number of rotatable bonds is 2. The number of pyridine rings is 1. The number of hydrogen-bond acceptors (Lipinski definition) is 4. The van der Waals surface area contributed by atoms with Crippen molar-refractivity contribution in [3.63, 3.8) is 0 Å². The fourth-order valence-electron chi connectivity index (χ4n) is 2.40. The van der Waals surface area contributed by atoms with Gasteiger partial charge < -0.3 is 10.2 Å². The first-order valence-electron chi connectivity index (χ1n) is 6.72. The van der Waals surface area contributed by atoms with Gasteiger partial charge in [-0.1, -0.05) is 28.9 Å². The van der Waals surface area contributed by atoms with Crippen LogP contribution < -0.4 is 11.2 Å². The number of nitrogens with one attached hydrogen (secondary N) is 1. The number of fused-ring (bicyclic) bond motifs is 1. The van der Waals surface area contributed by atoms with Gasteiger partial charge in [0.2, 0.25) is 0 Å². The minimum atomic E-state index is -0.285. The van der Waals surface area contributed by atoms with Gasteiger partial charge in [0.05, 0.1) is 5.69 Å². The van der Waals surface area contributed by atoms with E-state index >= 15 is 0 Å². The van der Waals surface area contributed by atoms with E-state index in [0.29, 0.717) is 23.1 Å². The molecular formula is C15H13ClN4O2. The lowest BCUT2D eigenvalue weighted by atomic mass is 10.0. The second kappa shape index (κ2) is 5.65. The third kappa shape index (κ3) is 2.37. The summed E-state index contributed by atoms with van der Waals surface area (Å²) in [7, 11) is 0. The van der Waals surface area contributed by atoms with Crippen LogP contribution in [0.4, 0.5) is 0 Å². The zero-order valence-electron chi connectivity index (χ0n) is 11.7. The fourth-order valence-corrected chi connectivity index (χ4v) is 2.59. The quantitative estimate of drug-likeness (QED) is 0.562. The van der Waals surface area contributed by atoms with Gasteiger partial charge in [-0.3, -0.25) is 4.57 Å². The van der Waals surface area contributed by atoms with E-state index < -0.39 is 0 Å². The molecule has 0 saturated carbocycles. The van der Waals surface area contributed by atoms with Gasteiger partial charge in [-0.2, -0.15) is 0 Å². The third-order valence-electron chi connectivity index (χ3n) is 3.39. The van der Waals surface area contributed by atoms with E-state index in [1.807, 2.05) is 19.1 Å². The maximum Gasteiger partial charge on any atom is 0.327 e. The minimum absolute atomic E-state index is 0.150. The molecule has 0 bridgehead atoms. The number of benzene rings is 1. The first-order chi connectivity index (χ1) is 10.6. The predicted octanol–water partition coefficient (Wildman–Crippen LogP) is 2.31. The zero-order chi connectivity index (χ0) is 15.7. The molecule has 2 N–H and O–H groups in total. The van der Waals surface area contributed by atoms with Crippen molar-refractivity contribution in [1.82, 2.24) is 14.5 Å². The molecule has 2 aliphatic rings. The number of aromatic nitrogens is 3. The molecule has 0 saturated heterocycles. The Bertz CT molecular complexity index is 929. The number of halogens is 1. The molecule has 0 aliphatic carbocycles. The van der Waals surface area contributed by atoms with Crippen LogP contribution in [0.1, 0.15) is 6.92 Å². The molecule has 0 amide bonds. The first kappa shape index (κ1) is 14.3. The van der Waals surface area contributed by atoms with Crippen molar-refractivity contribution in [2.24, 2.45) is 5.16 Å².